The lowest BCUT2D eigenvalue weighted by Crippen LogP contribution is -2.48. The summed E-state index contributed by atoms with van der Waals surface area (Å²) in [6.45, 7) is 5.52. The number of nitrogens with two attached hydrogens (primary N) is 1. The molecule has 0 atom stereocenters. The molecule has 0 bridgehead atoms. The van der Waals surface area contributed by atoms with E-state index in [1.54, 1.807) is 30.6 Å². The van der Waals surface area contributed by atoms with Crippen molar-refractivity contribution in [2.24, 2.45) is 11.7 Å². The van der Waals surface area contributed by atoms with Crippen LogP contribution in [0, 0.1) is 17.1 Å². The smallest absolute Gasteiger partial charge is 0.313 e. The zero-order chi connectivity index (χ0) is 27.1. The number of ether oxygens (including phenoxy) is 2. The molecule has 0 aliphatic carbocycles. The van der Waals surface area contributed by atoms with Crippen LogP contribution in [0.5, 0.6) is 0 Å². The first-order valence-electron chi connectivity index (χ1n) is 13.1. The van der Waals surface area contributed by atoms with E-state index < -0.39 is 11.8 Å². The van der Waals surface area contributed by atoms with E-state index in [2.05, 4.69) is 19.8 Å². The van der Waals surface area contributed by atoms with E-state index in [1.807, 2.05) is 6.92 Å². The third-order valence-electron chi connectivity index (χ3n) is 7.16. The number of hydrogen-bond acceptors (Lipinski definition) is 9. The first-order chi connectivity index (χ1) is 18.4. The lowest BCUT2D eigenvalue weighted by molar-refractivity contribution is -0.150. The van der Waals surface area contributed by atoms with Gasteiger partial charge in [0.1, 0.15) is 24.7 Å². The van der Waals surface area contributed by atoms with Crippen LogP contribution < -0.4 is 10.6 Å². The van der Waals surface area contributed by atoms with Crippen molar-refractivity contribution in [1.29, 1.82) is 5.41 Å². The normalized spacial score (nSPS) is 17.3. The minimum Gasteiger partial charge on any atom is -0.466 e. The molecule has 11 heteroatoms. The van der Waals surface area contributed by atoms with Crippen LogP contribution in [0.25, 0.3) is 11.1 Å². The van der Waals surface area contributed by atoms with E-state index in [0.29, 0.717) is 29.7 Å². The molecule has 0 spiro atoms. The number of aromatic nitrogens is 2. The largest absolute Gasteiger partial charge is 0.466 e. The zero-order valence-corrected chi connectivity index (χ0v) is 21.7. The predicted molar refractivity (Wildman–Crippen MR) is 140 cm³/mol. The van der Waals surface area contributed by atoms with Gasteiger partial charge in [-0.3, -0.25) is 15.0 Å². The Bertz CT molecular complexity index is 1130. The molecule has 0 saturated carbocycles. The lowest BCUT2D eigenvalue weighted by Gasteiger charge is -2.41. The Kier molecular flexibility index (Phi) is 9.22. The molecule has 2 saturated heterocycles. The summed E-state index contributed by atoms with van der Waals surface area (Å²) in [7, 11) is 0. The summed E-state index contributed by atoms with van der Waals surface area (Å²) in [5.74, 6) is -0.927. The summed E-state index contributed by atoms with van der Waals surface area (Å²) in [6.07, 6.45) is 6.58. The van der Waals surface area contributed by atoms with Gasteiger partial charge >= 0.3 is 11.9 Å². The average Bonchev–Trinajstić information content (AvgIpc) is 2.93. The van der Waals surface area contributed by atoms with E-state index in [-0.39, 0.29) is 36.3 Å². The molecular formula is C27H35FN6O4. The molecule has 10 nitrogen and oxygen atoms in total. The zero-order valence-electron chi connectivity index (χ0n) is 21.7. The summed E-state index contributed by atoms with van der Waals surface area (Å²) >= 11 is 0. The maximum atomic E-state index is 15.1. The molecule has 0 unspecified atom stereocenters. The number of likely N-dealkylation sites (tertiary alicyclic amines) is 1. The minimum atomic E-state index is -0.681. The molecule has 3 heterocycles. The molecule has 0 radical (unpaired) electrons. The minimum absolute atomic E-state index is 0.0190. The van der Waals surface area contributed by atoms with Gasteiger partial charge in [-0.15, -0.1) is 0 Å². The van der Waals surface area contributed by atoms with Crippen LogP contribution in [0.3, 0.4) is 0 Å². The Morgan fingerprint density at radius 1 is 1.08 bits per heavy atom. The first-order valence-corrected chi connectivity index (χ1v) is 13.1. The number of halogens is 1. The van der Waals surface area contributed by atoms with Gasteiger partial charge in [0.05, 0.1) is 12.5 Å². The van der Waals surface area contributed by atoms with Crippen molar-refractivity contribution in [1.82, 2.24) is 14.9 Å². The Morgan fingerprint density at radius 2 is 1.76 bits per heavy atom. The third kappa shape index (κ3) is 6.83. The van der Waals surface area contributed by atoms with Crippen LogP contribution in [-0.4, -0.2) is 71.5 Å². The molecule has 38 heavy (non-hydrogen) atoms. The van der Waals surface area contributed by atoms with Crippen molar-refractivity contribution >= 4 is 23.7 Å². The third-order valence-corrected chi connectivity index (χ3v) is 7.16. The van der Waals surface area contributed by atoms with Gasteiger partial charge in [0, 0.05) is 48.2 Å². The van der Waals surface area contributed by atoms with Gasteiger partial charge in [-0.2, -0.15) is 0 Å². The summed E-state index contributed by atoms with van der Waals surface area (Å²) in [6, 6.07) is 5.33. The van der Waals surface area contributed by atoms with Crippen LogP contribution in [0.15, 0.2) is 30.6 Å². The highest BCUT2D eigenvalue weighted by Crippen LogP contribution is 2.28. The summed E-state index contributed by atoms with van der Waals surface area (Å²) in [4.78, 5) is 37.3. The van der Waals surface area contributed by atoms with Crippen molar-refractivity contribution in [2.75, 3.05) is 37.7 Å². The SMILES string of the molecule is CCOC(=O)C1CCN(C2CCN(c3ncc(-c4cccc(COC(=O)CC(=N)N)c4F)cn3)CC2)CC1. The van der Waals surface area contributed by atoms with Crippen molar-refractivity contribution in [2.45, 2.75) is 51.7 Å². The molecule has 1 aromatic carbocycles. The molecule has 1 aromatic heterocycles. The fraction of sp³-hybridized carbons (Fsp3) is 0.519. The average molecular weight is 527 g/mol. The highest BCUT2D eigenvalue weighted by atomic mass is 19.1. The number of amidine groups is 1. The molecule has 204 valence electrons. The van der Waals surface area contributed by atoms with E-state index in [9.17, 15) is 9.59 Å². The molecule has 0 amide bonds. The molecule has 2 fully saturated rings. The standard InChI is InChI=1S/C27H35FN6O4/c1-2-37-26(36)18-6-10-33(11-7-18)21-8-12-34(13-9-21)27-31-15-20(16-32-27)22-5-3-4-19(25(22)28)17-38-24(35)14-23(29)30/h3-5,15-16,18,21H,2,6-14,17H2,1H3,(H3,29,30). The molecule has 2 aliphatic heterocycles. The van der Waals surface area contributed by atoms with Gasteiger partial charge in [-0.1, -0.05) is 18.2 Å². The predicted octanol–water partition coefficient (Wildman–Crippen LogP) is 2.90. The van der Waals surface area contributed by atoms with Crippen LogP contribution in [-0.2, 0) is 25.7 Å². The molecule has 4 rings (SSSR count). The van der Waals surface area contributed by atoms with Gasteiger partial charge in [0.15, 0.2) is 0 Å². The number of carbonyl (C=O) groups excluding carboxylic acids is 2. The van der Waals surface area contributed by atoms with Crippen molar-refractivity contribution in [3.05, 3.63) is 42.0 Å². The number of nitrogens with zero attached hydrogens (tertiary/aromatic N) is 4. The Hall–Kier alpha value is -3.60. The Morgan fingerprint density at radius 3 is 2.39 bits per heavy atom. The molecule has 3 N–H and O–H groups in total. The number of benzene rings is 1. The topological polar surface area (TPSA) is 135 Å². The number of hydrogen-bond donors (Lipinski definition) is 2. The Balaban J connectivity index is 1.30. The number of carbonyl (C=O) groups is 2. The summed E-state index contributed by atoms with van der Waals surface area (Å²) < 4.78 is 25.3. The van der Waals surface area contributed by atoms with Crippen LogP contribution in [0.2, 0.25) is 0 Å². The maximum absolute atomic E-state index is 15.1. The van der Waals surface area contributed by atoms with Gasteiger partial charge in [-0.25, -0.2) is 14.4 Å². The fourth-order valence-corrected chi connectivity index (χ4v) is 5.09. The fourth-order valence-electron chi connectivity index (χ4n) is 5.09. The Labute approximate surface area is 221 Å². The van der Waals surface area contributed by atoms with Crippen LogP contribution >= 0.6 is 0 Å². The number of piperidine rings is 2. The summed E-state index contributed by atoms with van der Waals surface area (Å²) in [5, 5.41) is 7.15. The molecule has 2 aromatic rings. The second-order valence-corrected chi connectivity index (χ2v) is 9.69. The van der Waals surface area contributed by atoms with Crippen LogP contribution in [0.1, 0.15) is 44.6 Å². The number of rotatable bonds is 9. The van der Waals surface area contributed by atoms with E-state index in [1.165, 1.54) is 0 Å². The second kappa shape index (κ2) is 12.8. The highest BCUT2D eigenvalue weighted by molar-refractivity contribution is 5.94. The quantitative estimate of drug-likeness (QED) is 0.287. The molecule has 2 aliphatic rings. The van der Waals surface area contributed by atoms with Gasteiger partial charge in [0.25, 0.3) is 0 Å². The summed E-state index contributed by atoms with van der Waals surface area (Å²) in [5.41, 5.74) is 6.27. The second-order valence-electron chi connectivity index (χ2n) is 9.69. The number of esters is 2. The highest BCUT2D eigenvalue weighted by Gasteiger charge is 2.31. The number of anilines is 1. The van der Waals surface area contributed by atoms with E-state index in [4.69, 9.17) is 20.6 Å². The van der Waals surface area contributed by atoms with Crippen molar-refractivity contribution in [3.8, 4) is 11.1 Å². The van der Waals surface area contributed by atoms with Gasteiger partial charge in [-0.05, 0) is 45.7 Å². The van der Waals surface area contributed by atoms with Gasteiger partial charge in [0.2, 0.25) is 5.95 Å². The van der Waals surface area contributed by atoms with Gasteiger partial charge < -0.3 is 25.0 Å². The van der Waals surface area contributed by atoms with Crippen LogP contribution in [0.4, 0.5) is 10.3 Å². The number of nitrogens with one attached hydrogen (secondary N) is 1. The molecular weight excluding hydrogens is 491 g/mol. The maximum Gasteiger partial charge on any atom is 0.313 e. The monoisotopic (exact) mass is 526 g/mol. The lowest BCUT2D eigenvalue weighted by atomic mass is 9.93. The first kappa shape index (κ1) is 27.4. The van der Waals surface area contributed by atoms with Crippen molar-refractivity contribution < 1.29 is 23.5 Å². The van der Waals surface area contributed by atoms with Crippen molar-refractivity contribution in [3.63, 3.8) is 0 Å². The van der Waals surface area contributed by atoms with E-state index >= 15 is 4.39 Å². The van der Waals surface area contributed by atoms with E-state index in [0.717, 1.165) is 51.9 Å².